The van der Waals surface area contributed by atoms with E-state index in [1.807, 2.05) is 32.0 Å². The molecule has 0 unspecified atom stereocenters. The van der Waals surface area contributed by atoms with Crippen LogP contribution >= 0.6 is 0 Å². The minimum atomic E-state index is -0.484. The van der Waals surface area contributed by atoms with Gasteiger partial charge in [0.25, 0.3) is 0 Å². The van der Waals surface area contributed by atoms with E-state index in [-0.39, 0.29) is 0 Å². The molecule has 0 N–H and O–H groups in total. The van der Waals surface area contributed by atoms with Crippen LogP contribution in [0.3, 0.4) is 0 Å². The highest BCUT2D eigenvalue weighted by atomic mass is 16.5. The van der Waals surface area contributed by atoms with E-state index in [9.17, 15) is 5.26 Å². The number of hydrogen-bond donors (Lipinski definition) is 0. The van der Waals surface area contributed by atoms with Crippen molar-refractivity contribution in [2.24, 2.45) is 0 Å². The molecule has 1 heterocycles. The van der Waals surface area contributed by atoms with Crippen molar-refractivity contribution in [1.29, 1.82) is 5.26 Å². The lowest BCUT2D eigenvalue weighted by molar-refractivity contribution is 0.105. The molecule has 0 saturated carbocycles. The Kier molecular flexibility index (Phi) is 4.72. The molecule has 0 amide bonds. The van der Waals surface area contributed by atoms with Crippen LogP contribution in [0.4, 0.5) is 0 Å². The number of aryl methyl sites for hydroxylation is 1. The van der Waals surface area contributed by atoms with Gasteiger partial charge in [-0.05, 0) is 50.5 Å². The molecule has 1 aliphatic heterocycles. The van der Waals surface area contributed by atoms with E-state index < -0.39 is 5.60 Å². The second-order valence-corrected chi connectivity index (χ2v) is 7.08. The van der Waals surface area contributed by atoms with Crippen LogP contribution in [0.1, 0.15) is 56.7 Å². The van der Waals surface area contributed by atoms with Crippen molar-refractivity contribution >= 4 is 0 Å². The lowest BCUT2D eigenvalue weighted by atomic mass is 9.83. The molecular formula is C22H25NO2. The van der Waals surface area contributed by atoms with Crippen LogP contribution < -0.4 is 9.47 Å². The lowest BCUT2D eigenvalue weighted by Gasteiger charge is -2.36. The number of fused-ring (bicyclic) bond motifs is 3. The fourth-order valence-electron chi connectivity index (χ4n) is 3.60. The van der Waals surface area contributed by atoms with Gasteiger partial charge >= 0.3 is 0 Å². The highest BCUT2D eigenvalue weighted by Crippen LogP contribution is 2.51. The Morgan fingerprint density at radius 3 is 2.64 bits per heavy atom. The number of nitriles is 1. The average molecular weight is 335 g/mol. The maximum atomic E-state index is 9.62. The van der Waals surface area contributed by atoms with Gasteiger partial charge in [0, 0.05) is 11.1 Å². The normalized spacial score (nSPS) is 14.0. The largest absolute Gasteiger partial charge is 0.496 e. The third kappa shape index (κ3) is 3.09. The van der Waals surface area contributed by atoms with Gasteiger partial charge < -0.3 is 9.47 Å². The topological polar surface area (TPSA) is 42.2 Å². The molecular weight excluding hydrogens is 310 g/mol. The molecule has 0 radical (unpaired) electrons. The van der Waals surface area contributed by atoms with Gasteiger partial charge in [-0.3, -0.25) is 0 Å². The van der Waals surface area contributed by atoms with Crippen LogP contribution in [0.2, 0.25) is 0 Å². The molecule has 0 aromatic heterocycles. The summed E-state index contributed by atoms with van der Waals surface area (Å²) in [6, 6.07) is 12.4. The van der Waals surface area contributed by atoms with Gasteiger partial charge in [-0.2, -0.15) is 5.26 Å². The number of ether oxygens (including phenoxy) is 2. The SMILES string of the molecule is CCCCCc1cc(OC)c2c(c1)OC(C)(C)c1cccc(C#N)c1-2. The Morgan fingerprint density at radius 1 is 1.16 bits per heavy atom. The van der Waals surface area contributed by atoms with Crippen molar-refractivity contribution in [2.45, 2.75) is 52.1 Å². The number of unbranched alkanes of at least 4 members (excludes halogenated alkanes) is 2. The molecule has 3 nitrogen and oxygen atoms in total. The second kappa shape index (κ2) is 6.80. The summed E-state index contributed by atoms with van der Waals surface area (Å²) in [6.07, 6.45) is 4.58. The smallest absolute Gasteiger partial charge is 0.132 e. The molecule has 0 aliphatic carbocycles. The van der Waals surface area contributed by atoms with Gasteiger partial charge in [0.05, 0.1) is 24.3 Å². The monoisotopic (exact) mass is 335 g/mol. The summed E-state index contributed by atoms with van der Waals surface area (Å²) in [4.78, 5) is 0. The van der Waals surface area contributed by atoms with Crippen molar-refractivity contribution in [1.82, 2.24) is 0 Å². The van der Waals surface area contributed by atoms with E-state index >= 15 is 0 Å². The van der Waals surface area contributed by atoms with Gasteiger partial charge in [-0.25, -0.2) is 0 Å². The Hall–Kier alpha value is -2.47. The molecule has 3 heteroatoms. The summed E-state index contributed by atoms with van der Waals surface area (Å²) >= 11 is 0. The first kappa shape index (κ1) is 17.4. The maximum absolute atomic E-state index is 9.62. The zero-order valence-electron chi connectivity index (χ0n) is 15.5. The molecule has 25 heavy (non-hydrogen) atoms. The third-order valence-electron chi connectivity index (χ3n) is 4.86. The summed E-state index contributed by atoms with van der Waals surface area (Å²) in [7, 11) is 1.68. The van der Waals surface area contributed by atoms with Gasteiger partial charge in [0.1, 0.15) is 17.1 Å². The summed E-state index contributed by atoms with van der Waals surface area (Å²) in [5.41, 5.74) is 4.25. The molecule has 0 saturated heterocycles. The van der Waals surface area contributed by atoms with Crippen molar-refractivity contribution in [2.75, 3.05) is 7.11 Å². The number of benzene rings is 2. The summed E-state index contributed by atoms with van der Waals surface area (Å²) in [5, 5.41) is 9.62. The molecule has 0 fully saturated rings. The van der Waals surface area contributed by atoms with Gasteiger partial charge in [-0.15, -0.1) is 0 Å². The van der Waals surface area contributed by atoms with Crippen molar-refractivity contribution in [3.05, 3.63) is 47.0 Å². The first-order chi connectivity index (χ1) is 12.0. The Bertz CT molecular complexity index is 831. The lowest BCUT2D eigenvalue weighted by Crippen LogP contribution is -2.30. The van der Waals surface area contributed by atoms with Crippen LogP contribution in [-0.4, -0.2) is 7.11 Å². The quantitative estimate of drug-likeness (QED) is 0.668. The molecule has 2 aromatic carbocycles. The Morgan fingerprint density at radius 2 is 1.96 bits per heavy atom. The number of rotatable bonds is 5. The predicted octanol–water partition coefficient (Wildman–Crippen LogP) is 5.59. The van der Waals surface area contributed by atoms with Crippen LogP contribution in [0.5, 0.6) is 11.5 Å². The van der Waals surface area contributed by atoms with E-state index in [2.05, 4.69) is 25.1 Å². The zero-order valence-corrected chi connectivity index (χ0v) is 15.5. The van der Waals surface area contributed by atoms with E-state index in [4.69, 9.17) is 9.47 Å². The minimum Gasteiger partial charge on any atom is -0.496 e. The first-order valence-electron chi connectivity index (χ1n) is 8.95. The number of methoxy groups -OCH3 is 1. The van der Waals surface area contributed by atoms with E-state index in [0.717, 1.165) is 41.0 Å². The second-order valence-electron chi connectivity index (χ2n) is 7.08. The van der Waals surface area contributed by atoms with Crippen LogP contribution in [0.25, 0.3) is 11.1 Å². The van der Waals surface area contributed by atoms with Crippen molar-refractivity contribution < 1.29 is 9.47 Å². The molecule has 0 bridgehead atoms. The molecule has 0 spiro atoms. The summed E-state index contributed by atoms with van der Waals surface area (Å²) in [5.74, 6) is 1.59. The molecule has 2 aromatic rings. The Labute approximate surface area is 150 Å². The average Bonchev–Trinajstić information content (AvgIpc) is 2.60. The van der Waals surface area contributed by atoms with E-state index in [0.29, 0.717) is 5.56 Å². The highest BCUT2D eigenvalue weighted by molar-refractivity contribution is 5.86. The predicted molar refractivity (Wildman–Crippen MR) is 100 cm³/mol. The molecule has 3 rings (SSSR count). The summed E-state index contributed by atoms with van der Waals surface area (Å²) in [6.45, 7) is 6.30. The Balaban J connectivity index is 2.19. The third-order valence-corrected chi connectivity index (χ3v) is 4.86. The maximum Gasteiger partial charge on any atom is 0.132 e. The fourth-order valence-corrected chi connectivity index (χ4v) is 3.60. The van der Waals surface area contributed by atoms with E-state index in [1.165, 1.54) is 18.4 Å². The van der Waals surface area contributed by atoms with Gasteiger partial charge in [0.15, 0.2) is 0 Å². The molecule has 0 atom stereocenters. The van der Waals surface area contributed by atoms with Gasteiger partial charge in [0.2, 0.25) is 0 Å². The van der Waals surface area contributed by atoms with Crippen LogP contribution in [0, 0.1) is 11.3 Å². The van der Waals surface area contributed by atoms with Crippen LogP contribution in [0.15, 0.2) is 30.3 Å². The number of nitrogens with zero attached hydrogens (tertiary/aromatic N) is 1. The highest BCUT2D eigenvalue weighted by Gasteiger charge is 2.36. The fraction of sp³-hybridized carbons (Fsp3) is 0.409. The molecule has 130 valence electrons. The number of hydrogen-bond acceptors (Lipinski definition) is 3. The van der Waals surface area contributed by atoms with Crippen LogP contribution in [-0.2, 0) is 12.0 Å². The standard InChI is InChI=1S/C22H25NO2/c1-5-6-7-9-15-12-18(24-4)21-19(13-15)25-22(2,3)17-11-8-10-16(14-23)20(17)21/h8,10-13H,5-7,9H2,1-4H3. The zero-order chi connectivity index (χ0) is 18.0. The van der Waals surface area contributed by atoms with Crippen molar-refractivity contribution in [3.63, 3.8) is 0 Å². The van der Waals surface area contributed by atoms with Crippen molar-refractivity contribution in [3.8, 4) is 28.7 Å². The first-order valence-corrected chi connectivity index (χ1v) is 8.95. The summed E-state index contributed by atoms with van der Waals surface area (Å²) < 4.78 is 12.0. The molecule has 1 aliphatic rings. The minimum absolute atomic E-state index is 0.484. The van der Waals surface area contributed by atoms with E-state index in [1.54, 1.807) is 7.11 Å². The van der Waals surface area contributed by atoms with Gasteiger partial charge in [-0.1, -0.05) is 31.9 Å².